The van der Waals surface area contributed by atoms with Crippen molar-refractivity contribution in [3.8, 4) is 5.88 Å². The summed E-state index contributed by atoms with van der Waals surface area (Å²) in [6.45, 7) is 4.26. The maximum Gasteiger partial charge on any atom is 0.272 e. The van der Waals surface area contributed by atoms with Crippen molar-refractivity contribution in [1.82, 2.24) is 24.6 Å². The Morgan fingerprint density at radius 2 is 1.92 bits per heavy atom. The number of ether oxygens (including phenoxy) is 1. The van der Waals surface area contributed by atoms with Crippen molar-refractivity contribution >= 4 is 11.6 Å². The van der Waals surface area contributed by atoms with E-state index in [2.05, 4.69) is 20.2 Å². The van der Waals surface area contributed by atoms with Crippen LogP contribution in [0.15, 0.2) is 36.5 Å². The Kier molecular flexibility index (Phi) is 7.98. The molecule has 9 heteroatoms. The third kappa shape index (κ3) is 6.44. The number of pyridine rings is 2. The van der Waals surface area contributed by atoms with Crippen molar-refractivity contribution in [3.05, 3.63) is 59.2 Å². The van der Waals surface area contributed by atoms with E-state index < -0.39 is 13.0 Å². The molecular weight excluding hydrogens is 476 g/mol. The summed E-state index contributed by atoms with van der Waals surface area (Å²) in [5, 5.41) is 3.24. The fourth-order valence-corrected chi connectivity index (χ4v) is 5.60. The molecule has 1 N–H and O–H groups in total. The number of aromatic nitrogens is 3. The van der Waals surface area contributed by atoms with Crippen molar-refractivity contribution < 1.29 is 18.3 Å². The van der Waals surface area contributed by atoms with Crippen molar-refractivity contribution in [2.75, 3.05) is 26.2 Å². The molecule has 5 rings (SSSR count). The SMILES string of the molecule is Cc1cn2c(C(=O)N[C@H]3CC[C@H](CCN4CCc5ccc(OCC(F)F)nc5CC4)CC3)cccc2n1. The lowest BCUT2D eigenvalue weighted by atomic mass is 9.84. The Labute approximate surface area is 216 Å². The summed E-state index contributed by atoms with van der Waals surface area (Å²) >= 11 is 0. The van der Waals surface area contributed by atoms with E-state index in [9.17, 15) is 13.6 Å². The van der Waals surface area contributed by atoms with Crippen LogP contribution in [0.4, 0.5) is 8.78 Å². The van der Waals surface area contributed by atoms with Crippen LogP contribution in [0.5, 0.6) is 5.88 Å². The summed E-state index contributed by atoms with van der Waals surface area (Å²) in [7, 11) is 0. The van der Waals surface area contributed by atoms with Crippen LogP contribution in [0, 0.1) is 12.8 Å². The first kappa shape index (κ1) is 25.6. The molecule has 37 heavy (non-hydrogen) atoms. The van der Waals surface area contributed by atoms with Gasteiger partial charge in [-0.3, -0.25) is 9.20 Å². The summed E-state index contributed by atoms with van der Waals surface area (Å²) in [4.78, 5) is 24.4. The number of carbonyl (C=O) groups is 1. The molecule has 1 fully saturated rings. The molecule has 1 aliphatic heterocycles. The van der Waals surface area contributed by atoms with E-state index in [4.69, 9.17) is 4.74 Å². The number of hydrogen-bond acceptors (Lipinski definition) is 5. The Morgan fingerprint density at radius 3 is 2.73 bits per heavy atom. The van der Waals surface area contributed by atoms with Crippen molar-refractivity contribution in [2.24, 2.45) is 5.92 Å². The minimum Gasteiger partial charge on any atom is -0.472 e. The van der Waals surface area contributed by atoms with E-state index in [1.165, 1.54) is 5.56 Å². The number of halogens is 2. The van der Waals surface area contributed by atoms with E-state index in [1.807, 2.05) is 41.8 Å². The number of aryl methyl sites for hydroxylation is 1. The predicted molar refractivity (Wildman–Crippen MR) is 137 cm³/mol. The number of nitrogens with zero attached hydrogens (tertiary/aromatic N) is 4. The van der Waals surface area contributed by atoms with Gasteiger partial charge >= 0.3 is 0 Å². The van der Waals surface area contributed by atoms with Crippen molar-refractivity contribution in [3.63, 3.8) is 0 Å². The minimum absolute atomic E-state index is 0.0352. The van der Waals surface area contributed by atoms with Gasteiger partial charge in [0.2, 0.25) is 5.88 Å². The van der Waals surface area contributed by atoms with Crippen LogP contribution in [0.25, 0.3) is 5.65 Å². The highest BCUT2D eigenvalue weighted by Gasteiger charge is 2.25. The standard InChI is InChI=1S/C28H35F2N5O2/c1-19-17-35-24(3-2-4-26(35)31-19)28(36)32-22-8-5-20(6-9-22)11-14-34-15-12-21-7-10-27(37-18-25(29)30)33-23(21)13-16-34/h2-4,7,10,17,20,22,25H,5-6,8-9,11-16,18H2,1H3,(H,32,36)/t20-,22-. The quantitative estimate of drug-likeness (QED) is 0.484. The van der Waals surface area contributed by atoms with E-state index in [1.54, 1.807) is 6.07 Å². The number of rotatable bonds is 8. The number of alkyl halides is 2. The molecule has 198 valence electrons. The lowest BCUT2D eigenvalue weighted by molar-refractivity contribution is 0.0794. The normalized spacial score (nSPS) is 20.5. The van der Waals surface area contributed by atoms with Gasteiger partial charge < -0.3 is 15.0 Å². The fraction of sp³-hybridized carbons (Fsp3) is 0.536. The largest absolute Gasteiger partial charge is 0.472 e. The first-order chi connectivity index (χ1) is 17.9. The predicted octanol–water partition coefficient (Wildman–Crippen LogP) is 4.46. The summed E-state index contributed by atoms with van der Waals surface area (Å²) in [5.74, 6) is 0.922. The van der Waals surface area contributed by atoms with Crippen molar-refractivity contribution in [2.45, 2.75) is 64.3 Å². The highest BCUT2D eigenvalue weighted by Crippen LogP contribution is 2.28. The second-order valence-corrected chi connectivity index (χ2v) is 10.3. The van der Waals surface area contributed by atoms with Crippen molar-refractivity contribution in [1.29, 1.82) is 0 Å². The number of hydrogen-bond donors (Lipinski definition) is 1. The average molecular weight is 512 g/mol. The Morgan fingerprint density at radius 1 is 1.11 bits per heavy atom. The molecule has 4 heterocycles. The minimum atomic E-state index is -2.50. The van der Waals surface area contributed by atoms with Gasteiger partial charge in [-0.25, -0.2) is 18.7 Å². The third-order valence-electron chi connectivity index (χ3n) is 7.64. The van der Waals surface area contributed by atoms with Crippen LogP contribution in [0.2, 0.25) is 0 Å². The van der Waals surface area contributed by atoms with Crippen LogP contribution in [0.3, 0.4) is 0 Å². The monoisotopic (exact) mass is 511 g/mol. The Hall–Kier alpha value is -3.07. The molecule has 3 aromatic rings. The number of carbonyl (C=O) groups excluding carboxylic acids is 1. The van der Waals surface area contributed by atoms with E-state index in [0.717, 1.165) is 81.6 Å². The van der Waals surface area contributed by atoms with Gasteiger partial charge in [-0.05, 0) is 75.6 Å². The molecule has 1 amide bonds. The van der Waals surface area contributed by atoms with Gasteiger partial charge in [0, 0.05) is 43.5 Å². The molecule has 7 nitrogen and oxygen atoms in total. The summed E-state index contributed by atoms with van der Waals surface area (Å²) in [5.41, 5.74) is 4.47. The first-order valence-corrected chi connectivity index (χ1v) is 13.3. The van der Waals surface area contributed by atoms with Crippen LogP contribution in [0.1, 0.15) is 59.5 Å². The average Bonchev–Trinajstić information content (AvgIpc) is 3.16. The van der Waals surface area contributed by atoms with E-state index >= 15 is 0 Å². The number of nitrogens with one attached hydrogen (secondary N) is 1. The summed E-state index contributed by atoms with van der Waals surface area (Å²) < 4.78 is 31.8. The van der Waals surface area contributed by atoms with Gasteiger partial charge in [0.1, 0.15) is 11.3 Å². The molecule has 0 radical (unpaired) electrons. The van der Waals surface area contributed by atoms with E-state index in [0.29, 0.717) is 11.6 Å². The van der Waals surface area contributed by atoms with Gasteiger partial charge in [-0.1, -0.05) is 12.1 Å². The molecule has 0 bridgehead atoms. The molecule has 2 aliphatic rings. The molecule has 0 aromatic carbocycles. The fourth-order valence-electron chi connectivity index (χ4n) is 5.60. The molecule has 3 aromatic heterocycles. The summed E-state index contributed by atoms with van der Waals surface area (Å²) in [6.07, 6.45) is 6.55. The van der Waals surface area contributed by atoms with E-state index in [-0.39, 0.29) is 17.8 Å². The lowest BCUT2D eigenvalue weighted by Crippen LogP contribution is -2.38. The lowest BCUT2D eigenvalue weighted by Gasteiger charge is -2.30. The Balaban J connectivity index is 1.06. The van der Waals surface area contributed by atoms with Gasteiger partial charge in [-0.2, -0.15) is 0 Å². The third-order valence-corrected chi connectivity index (χ3v) is 7.64. The van der Waals surface area contributed by atoms with Crippen LogP contribution < -0.4 is 10.1 Å². The molecular formula is C28H35F2N5O2. The molecule has 1 saturated carbocycles. The number of fused-ring (bicyclic) bond motifs is 2. The second kappa shape index (κ2) is 11.5. The zero-order valence-corrected chi connectivity index (χ0v) is 21.3. The van der Waals surface area contributed by atoms with Gasteiger partial charge in [0.15, 0.2) is 6.61 Å². The molecule has 0 saturated heterocycles. The molecule has 0 spiro atoms. The smallest absolute Gasteiger partial charge is 0.272 e. The maximum absolute atomic E-state index is 13.0. The maximum atomic E-state index is 13.0. The molecule has 1 aliphatic carbocycles. The zero-order chi connectivity index (χ0) is 25.8. The second-order valence-electron chi connectivity index (χ2n) is 10.3. The molecule has 0 unspecified atom stereocenters. The highest BCUT2D eigenvalue weighted by molar-refractivity contribution is 5.93. The zero-order valence-electron chi connectivity index (χ0n) is 21.3. The number of amides is 1. The van der Waals surface area contributed by atoms with Gasteiger partial charge in [-0.15, -0.1) is 0 Å². The number of imidazole rings is 1. The Bertz CT molecular complexity index is 1220. The van der Waals surface area contributed by atoms with Gasteiger partial charge in [0.25, 0.3) is 12.3 Å². The molecule has 0 atom stereocenters. The topological polar surface area (TPSA) is 71.8 Å². The van der Waals surface area contributed by atoms with Gasteiger partial charge in [0.05, 0.1) is 5.69 Å². The highest BCUT2D eigenvalue weighted by atomic mass is 19.3. The van der Waals surface area contributed by atoms with Crippen LogP contribution in [-0.4, -0.2) is 63.9 Å². The van der Waals surface area contributed by atoms with Crippen LogP contribution in [-0.2, 0) is 12.8 Å². The first-order valence-electron chi connectivity index (χ1n) is 13.3. The van der Waals surface area contributed by atoms with Crippen LogP contribution >= 0.6 is 0 Å². The summed E-state index contributed by atoms with van der Waals surface area (Å²) in [6, 6.07) is 9.52.